The van der Waals surface area contributed by atoms with E-state index in [2.05, 4.69) is 0 Å². The highest BCUT2D eigenvalue weighted by Crippen LogP contribution is 2.30. The van der Waals surface area contributed by atoms with Gasteiger partial charge in [-0.25, -0.2) is 0 Å². The molecule has 0 radical (unpaired) electrons. The minimum atomic E-state index is -0.287. The maximum atomic E-state index is 12.7. The number of hydrogen-bond acceptors (Lipinski definition) is 3. The summed E-state index contributed by atoms with van der Waals surface area (Å²) in [5.41, 5.74) is 0.420. The van der Waals surface area contributed by atoms with Crippen molar-refractivity contribution in [1.29, 1.82) is 0 Å². The Morgan fingerprint density at radius 2 is 1.91 bits per heavy atom. The lowest BCUT2D eigenvalue weighted by molar-refractivity contribution is -0.145. The van der Waals surface area contributed by atoms with E-state index in [1.165, 1.54) is 0 Å². The summed E-state index contributed by atoms with van der Waals surface area (Å²) in [6.45, 7) is 4.83. The fraction of sp³-hybridized carbons (Fsp3) is 0.625. The Morgan fingerprint density at radius 1 is 1.18 bits per heavy atom. The van der Waals surface area contributed by atoms with Crippen LogP contribution in [0.3, 0.4) is 0 Å². The number of likely N-dealkylation sites (tertiary alicyclic amines) is 1. The first-order chi connectivity index (χ1) is 10.5. The largest absolute Gasteiger partial charge is 0.371 e. The number of nitrogens with zero attached hydrogens (tertiary/aromatic N) is 3. The van der Waals surface area contributed by atoms with Gasteiger partial charge in [0.15, 0.2) is 0 Å². The Labute approximate surface area is 130 Å². The molecule has 2 saturated heterocycles. The van der Waals surface area contributed by atoms with Gasteiger partial charge in [-0.1, -0.05) is 0 Å². The van der Waals surface area contributed by atoms with Crippen molar-refractivity contribution in [3.63, 3.8) is 0 Å². The third-order valence-electron chi connectivity index (χ3n) is 4.82. The van der Waals surface area contributed by atoms with Gasteiger partial charge in [0.05, 0.1) is 18.8 Å². The first-order valence-corrected chi connectivity index (χ1v) is 7.81. The van der Waals surface area contributed by atoms with E-state index >= 15 is 0 Å². The fourth-order valence-corrected chi connectivity index (χ4v) is 3.40. The summed E-state index contributed by atoms with van der Waals surface area (Å²) in [6.07, 6.45) is 3.47. The number of carbonyl (C=O) groups is 2. The number of morpholine rings is 1. The molecule has 0 bridgehead atoms. The smallest absolute Gasteiger partial charge is 0.270 e. The van der Waals surface area contributed by atoms with E-state index in [0.29, 0.717) is 38.5 Å². The summed E-state index contributed by atoms with van der Waals surface area (Å²) in [5, 5.41) is 0. The van der Waals surface area contributed by atoms with E-state index in [0.717, 1.165) is 12.8 Å². The van der Waals surface area contributed by atoms with Crippen LogP contribution in [0.15, 0.2) is 18.3 Å². The zero-order valence-electron chi connectivity index (χ0n) is 13.2. The molecule has 3 rings (SSSR count). The third kappa shape index (κ3) is 2.75. The van der Waals surface area contributed by atoms with Gasteiger partial charge in [0, 0.05) is 39.8 Å². The van der Waals surface area contributed by atoms with Gasteiger partial charge in [-0.2, -0.15) is 0 Å². The normalized spacial score (nSPS) is 21.2. The van der Waals surface area contributed by atoms with Crippen molar-refractivity contribution in [3.8, 4) is 0 Å². The Kier molecular flexibility index (Phi) is 3.95. The average Bonchev–Trinajstić information content (AvgIpc) is 2.93. The van der Waals surface area contributed by atoms with Crippen LogP contribution < -0.4 is 0 Å². The highest BCUT2D eigenvalue weighted by atomic mass is 16.5. The molecule has 2 amide bonds. The molecule has 0 N–H and O–H groups in total. The van der Waals surface area contributed by atoms with Crippen molar-refractivity contribution in [2.45, 2.75) is 25.4 Å². The summed E-state index contributed by atoms with van der Waals surface area (Å²) in [7, 11) is 1.88. The number of hydrogen-bond donors (Lipinski definition) is 0. The minimum Gasteiger partial charge on any atom is -0.371 e. The predicted octanol–water partition coefficient (Wildman–Crippen LogP) is 0.879. The lowest BCUT2D eigenvalue weighted by Gasteiger charge is -2.47. The quantitative estimate of drug-likeness (QED) is 0.774. The molecule has 0 saturated carbocycles. The lowest BCUT2D eigenvalue weighted by Crippen LogP contribution is -2.58. The van der Waals surface area contributed by atoms with Crippen molar-refractivity contribution in [2.75, 3.05) is 32.8 Å². The predicted molar refractivity (Wildman–Crippen MR) is 81.5 cm³/mol. The molecule has 2 aliphatic rings. The number of rotatable bonds is 1. The van der Waals surface area contributed by atoms with Gasteiger partial charge in [-0.05, 0) is 25.0 Å². The molecule has 1 spiro atoms. The van der Waals surface area contributed by atoms with Gasteiger partial charge in [0.2, 0.25) is 5.91 Å². The molecule has 0 aromatic carbocycles. The molecule has 0 aliphatic carbocycles. The monoisotopic (exact) mass is 305 g/mol. The SMILES string of the molecule is CC(=O)N1CCC2(CC1)CN(C(=O)c1cccn1C)CCO2. The highest BCUT2D eigenvalue weighted by Gasteiger charge is 2.41. The van der Waals surface area contributed by atoms with E-state index in [1.807, 2.05) is 39.7 Å². The van der Waals surface area contributed by atoms with Gasteiger partial charge >= 0.3 is 0 Å². The zero-order chi connectivity index (χ0) is 15.7. The topological polar surface area (TPSA) is 54.8 Å². The molecular formula is C16H23N3O3. The van der Waals surface area contributed by atoms with Crippen molar-refractivity contribution >= 4 is 11.8 Å². The Bertz CT molecular complexity index is 573. The number of carbonyl (C=O) groups excluding carboxylic acids is 2. The van der Waals surface area contributed by atoms with Crippen LogP contribution in [-0.2, 0) is 16.6 Å². The van der Waals surface area contributed by atoms with E-state index in [-0.39, 0.29) is 17.4 Å². The van der Waals surface area contributed by atoms with Gasteiger partial charge in [0.1, 0.15) is 5.69 Å². The second kappa shape index (κ2) is 5.76. The van der Waals surface area contributed by atoms with Crippen LogP contribution in [0.5, 0.6) is 0 Å². The second-order valence-corrected chi connectivity index (χ2v) is 6.27. The van der Waals surface area contributed by atoms with Crippen molar-refractivity contribution in [3.05, 3.63) is 24.0 Å². The molecule has 3 heterocycles. The van der Waals surface area contributed by atoms with E-state index in [4.69, 9.17) is 4.74 Å². The second-order valence-electron chi connectivity index (χ2n) is 6.27. The molecule has 0 unspecified atom stereocenters. The summed E-state index contributed by atoms with van der Waals surface area (Å²) in [6, 6.07) is 3.73. The number of amides is 2. The third-order valence-corrected chi connectivity index (χ3v) is 4.82. The summed E-state index contributed by atoms with van der Waals surface area (Å²) >= 11 is 0. The molecular weight excluding hydrogens is 282 g/mol. The van der Waals surface area contributed by atoms with Crippen molar-refractivity contribution < 1.29 is 14.3 Å². The summed E-state index contributed by atoms with van der Waals surface area (Å²) in [5.74, 6) is 0.173. The Balaban J connectivity index is 1.69. The van der Waals surface area contributed by atoms with Crippen LogP contribution in [-0.4, -0.2) is 64.6 Å². The highest BCUT2D eigenvalue weighted by molar-refractivity contribution is 5.92. The Morgan fingerprint density at radius 3 is 2.50 bits per heavy atom. The lowest BCUT2D eigenvalue weighted by atomic mass is 9.89. The number of aromatic nitrogens is 1. The van der Waals surface area contributed by atoms with E-state index < -0.39 is 0 Å². The molecule has 6 heteroatoms. The maximum absolute atomic E-state index is 12.7. The summed E-state index contributed by atoms with van der Waals surface area (Å²) < 4.78 is 7.87. The molecule has 2 fully saturated rings. The molecule has 6 nitrogen and oxygen atoms in total. The van der Waals surface area contributed by atoms with E-state index in [9.17, 15) is 9.59 Å². The Hall–Kier alpha value is -1.82. The average molecular weight is 305 g/mol. The molecule has 2 aliphatic heterocycles. The first-order valence-electron chi connectivity index (χ1n) is 7.81. The van der Waals surface area contributed by atoms with Crippen LogP contribution in [0.4, 0.5) is 0 Å². The number of ether oxygens (including phenoxy) is 1. The molecule has 22 heavy (non-hydrogen) atoms. The van der Waals surface area contributed by atoms with Crippen LogP contribution in [0.25, 0.3) is 0 Å². The standard InChI is InChI=1S/C16H23N3O3/c1-13(20)18-8-5-16(6-9-18)12-19(10-11-22-16)15(21)14-4-3-7-17(14)2/h3-4,7H,5-6,8-12H2,1-2H3. The van der Waals surface area contributed by atoms with Gasteiger partial charge in [0.25, 0.3) is 5.91 Å². The van der Waals surface area contributed by atoms with Crippen molar-refractivity contribution in [2.24, 2.45) is 7.05 Å². The minimum absolute atomic E-state index is 0.0594. The van der Waals surface area contributed by atoms with Crippen LogP contribution in [0.2, 0.25) is 0 Å². The maximum Gasteiger partial charge on any atom is 0.270 e. The van der Waals surface area contributed by atoms with E-state index in [1.54, 1.807) is 6.92 Å². The van der Waals surface area contributed by atoms with Gasteiger partial charge in [-0.3, -0.25) is 9.59 Å². The van der Waals surface area contributed by atoms with Crippen LogP contribution in [0.1, 0.15) is 30.3 Å². The molecule has 1 aromatic rings. The van der Waals surface area contributed by atoms with Crippen LogP contribution in [0, 0.1) is 0 Å². The number of aryl methyl sites for hydroxylation is 1. The molecule has 1 aromatic heterocycles. The molecule has 120 valence electrons. The first kappa shape index (κ1) is 15.1. The fourth-order valence-electron chi connectivity index (χ4n) is 3.40. The van der Waals surface area contributed by atoms with Crippen molar-refractivity contribution in [1.82, 2.24) is 14.4 Å². The molecule has 0 atom stereocenters. The zero-order valence-corrected chi connectivity index (χ0v) is 13.2. The number of piperidine rings is 1. The summed E-state index contributed by atoms with van der Waals surface area (Å²) in [4.78, 5) is 27.9. The van der Waals surface area contributed by atoms with Crippen LogP contribution >= 0.6 is 0 Å². The van der Waals surface area contributed by atoms with Gasteiger partial charge < -0.3 is 19.1 Å². The van der Waals surface area contributed by atoms with Gasteiger partial charge in [-0.15, -0.1) is 0 Å².